The summed E-state index contributed by atoms with van der Waals surface area (Å²) in [5.41, 5.74) is -0.0763. The first-order valence-corrected chi connectivity index (χ1v) is 3.88. The van der Waals surface area contributed by atoms with Crippen molar-refractivity contribution in [3.05, 3.63) is 23.9 Å². The third-order valence-electron chi connectivity index (χ3n) is 1.48. The van der Waals surface area contributed by atoms with Gasteiger partial charge in [-0.3, -0.25) is 0 Å². The van der Waals surface area contributed by atoms with Crippen molar-refractivity contribution < 1.29 is 23.1 Å². The van der Waals surface area contributed by atoms with Crippen molar-refractivity contribution in [3.63, 3.8) is 0 Å². The molecule has 0 atom stereocenters. The van der Waals surface area contributed by atoms with E-state index in [2.05, 4.69) is 4.98 Å². The van der Waals surface area contributed by atoms with E-state index in [0.717, 1.165) is 6.20 Å². The molecule has 15 heavy (non-hydrogen) atoms. The summed E-state index contributed by atoms with van der Waals surface area (Å²) < 4.78 is 35.3. The third kappa shape index (κ3) is 3.84. The van der Waals surface area contributed by atoms with E-state index in [1.54, 1.807) is 0 Å². The highest BCUT2D eigenvalue weighted by Gasteiger charge is 2.26. The van der Waals surface area contributed by atoms with E-state index in [0.29, 0.717) is 0 Å². The molecule has 82 valence electrons. The minimum absolute atomic E-state index is 0.0164. The molecule has 0 aliphatic carbocycles. The fourth-order valence-corrected chi connectivity index (χ4v) is 0.816. The zero-order valence-corrected chi connectivity index (χ0v) is 7.38. The van der Waals surface area contributed by atoms with Crippen LogP contribution in [0.15, 0.2) is 18.3 Å². The van der Waals surface area contributed by atoms with E-state index >= 15 is 0 Å². The summed E-state index contributed by atoms with van der Waals surface area (Å²) in [4.78, 5) is 13.9. The summed E-state index contributed by atoms with van der Waals surface area (Å²) in [5, 5.41) is 10.5. The highest BCUT2D eigenvalue weighted by Crippen LogP contribution is 2.15. The molecule has 4 nitrogen and oxygen atoms in total. The number of carboxylic acids is 1. The van der Waals surface area contributed by atoms with Crippen LogP contribution >= 0.6 is 0 Å². The predicted molar refractivity (Wildman–Crippen MR) is 45.7 cm³/mol. The number of nitrogens with one attached hydrogen (secondary N) is 1. The molecule has 0 saturated carbocycles. The maximum absolute atomic E-state index is 11.8. The molecule has 1 aromatic heterocycles. The summed E-state index contributed by atoms with van der Waals surface area (Å²) in [7, 11) is 0. The number of alkyl halides is 3. The molecule has 1 aromatic rings. The fourth-order valence-electron chi connectivity index (χ4n) is 0.816. The van der Waals surface area contributed by atoms with Crippen LogP contribution in [0.5, 0.6) is 0 Å². The number of anilines is 1. The van der Waals surface area contributed by atoms with Gasteiger partial charge in [0.05, 0.1) is 5.56 Å². The average Bonchev–Trinajstić information content (AvgIpc) is 2.14. The zero-order valence-electron chi connectivity index (χ0n) is 7.38. The molecule has 0 bridgehead atoms. The minimum Gasteiger partial charge on any atom is -0.478 e. The van der Waals surface area contributed by atoms with Gasteiger partial charge in [-0.25, -0.2) is 9.78 Å². The summed E-state index contributed by atoms with van der Waals surface area (Å²) in [6.07, 6.45) is -3.34. The number of carboxylic acid groups (broad SMARTS) is 1. The van der Waals surface area contributed by atoms with Crippen LogP contribution < -0.4 is 5.32 Å². The molecule has 0 aliphatic heterocycles. The molecular formula is C8H7F3N2O2. The number of pyridine rings is 1. The van der Waals surface area contributed by atoms with Crippen molar-refractivity contribution in [2.75, 3.05) is 11.9 Å². The molecule has 1 rings (SSSR count). The number of carbonyl (C=O) groups is 1. The van der Waals surface area contributed by atoms with Crippen LogP contribution in [-0.4, -0.2) is 28.8 Å². The maximum atomic E-state index is 11.8. The lowest BCUT2D eigenvalue weighted by Gasteiger charge is -2.08. The highest BCUT2D eigenvalue weighted by molar-refractivity contribution is 5.87. The van der Waals surface area contributed by atoms with Crippen molar-refractivity contribution in [1.29, 1.82) is 0 Å². The summed E-state index contributed by atoms with van der Waals surface area (Å²) in [6, 6.07) is 2.35. The molecule has 2 N–H and O–H groups in total. The molecule has 0 aliphatic rings. The maximum Gasteiger partial charge on any atom is 0.405 e. The zero-order chi connectivity index (χ0) is 11.5. The lowest BCUT2D eigenvalue weighted by molar-refractivity contribution is -0.115. The van der Waals surface area contributed by atoms with Gasteiger partial charge in [-0.1, -0.05) is 0 Å². The van der Waals surface area contributed by atoms with Crippen LogP contribution in [0.3, 0.4) is 0 Å². The first-order valence-electron chi connectivity index (χ1n) is 3.88. The van der Waals surface area contributed by atoms with Gasteiger partial charge in [0, 0.05) is 6.20 Å². The van der Waals surface area contributed by atoms with E-state index in [1.165, 1.54) is 12.1 Å². The monoisotopic (exact) mass is 220 g/mol. The SMILES string of the molecule is O=C(O)c1ccc(NCC(F)(F)F)nc1. The van der Waals surface area contributed by atoms with Gasteiger partial charge in [0.2, 0.25) is 0 Å². The molecule has 0 aromatic carbocycles. The molecule has 0 spiro atoms. The van der Waals surface area contributed by atoms with Gasteiger partial charge in [0.1, 0.15) is 12.4 Å². The second-order valence-corrected chi connectivity index (χ2v) is 2.71. The van der Waals surface area contributed by atoms with Gasteiger partial charge in [-0.2, -0.15) is 13.2 Å². The Morgan fingerprint density at radius 2 is 2.13 bits per heavy atom. The number of aromatic nitrogens is 1. The van der Waals surface area contributed by atoms with E-state index in [9.17, 15) is 18.0 Å². The lowest BCUT2D eigenvalue weighted by Crippen LogP contribution is -2.21. The summed E-state index contributed by atoms with van der Waals surface area (Å²) in [6.45, 7) is -1.20. The third-order valence-corrected chi connectivity index (χ3v) is 1.48. The van der Waals surface area contributed by atoms with E-state index < -0.39 is 18.7 Å². The molecule has 7 heteroatoms. The quantitative estimate of drug-likeness (QED) is 0.814. The number of aromatic carboxylic acids is 1. The first kappa shape index (κ1) is 11.3. The summed E-state index contributed by atoms with van der Waals surface area (Å²) in [5.74, 6) is -1.19. The number of hydrogen-bond acceptors (Lipinski definition) is 3. The second-order valence-electron chi connectivity index (χ2n) is 2.71. The van der Waals surface area contributed by atoms with E-state index in [-0.39, 0.29) is 11.4 Å². The van der Waals surface area contributed by atoms with Gasteiger partial charge in [-0.05, 0) is 12.1 Å². The average molecular weight is 220 g/mol. The fraction of sp³-hybridized carbons (Fsp3) is 0.250. The molecule has 0 radical (unpaired) electrons. The van der Waals surface area contributed by atoms with Crippen LogP contribution in [0.4, 0.5) is 19.0 Å². The van der Waals surface area contributed by atoms with Gasteiger partial charge in [0.25, 0.3) is 0 Å². The van der Waals surface area contributed by atoms with Crippen LogP contribution in [0.2, 0.25) is 0 Å². The van der Waals surface area contributed by atoms with Gasteiger partial charge in [-0.15, -0.1) is 0 Å². The van der Waals surface area contributed by atoms with Crippen LogP contribution in [0, 0.1) is 0 Å². The minimum atomic E-state index is -4.33. The number of hydrogen-bond donors (Lipinski definition) is 2. The van der Waals surface area contributed by atoms with Crippen molar-refractivity contribution >= 4 is 11.8 Å². The largest absolute Gasteiger partial charge is 0.478 e. The Bertz CT molecular complexity index is 348. The predicted octanol–water partition coefficient (Wildman–Crippen LogP) is 1.75. The number of nitrogens with zero attached hydrogens (tertiary/aromatic N) is 1. The molecule has 0 fully saturated rings. The number of rotatable bonds is 3. The first-order chi connectivity index (χ1) is 6.88. The molecule has 0 amide bonds. The van der Waals surface area contributed by atoms with E-state index in [4.69, 9.17) is 5.11 Å². The Hall–Kier alpha value is -1.79. The Morgan fingerprint density at radius 3 is 2.53 bits per heavy atom. The Balaban J connectivity index is 2.61. The van der Waals surface area contributed by atoms with Crippen LogP contribution in [0.1, 0.15) is 10.4 Å². The number of halogens is 3. The van der Waals surface area contributed by atoms with Crippen molar-refractivity contribution in [3.8, 4) is 0 Å². The van der Waals surface area contributed by atoms with Crippen molar-refractivity contribution in [2.24, 2.45) is 0 Å². The highest BCUT2D eigenvalue weighted by atomic mass is 19.4. The molecule has 0 unspecified atom stereocenters. The van der Waals surface area contributed by atoms with Gasteiger partial charge >= 0.3 is 12.1 Å². The second kappa shape index (κ2) is 4.16. The van der Waals surface area contributed by atoms with Gasteiger partial charge in [0.15, 0.2) is 0 Å². The normalized spacial score (nSPS) is 11.1. The topological polar surface area (TPSA) is 62.2 Å². The molecule has 1 heterocycles. The smallest absolute Gasteiger partial charge is 0.405 e. The van der Waals surface area contributed by atoms with Crippen molar-refractivity contribution in [1.82, 2.24) is 4.98 Å². The van der Waals surface area contributed by atoms with Gasteiger partial charge < -0.3 is 10.4 Å². The van der Waals surface area contributed by atoms with Crippen LogP contribution in [0.25, 0.3) is 0 Å². The van der Waals surface area contributed by atoms with E-state index in [1.807, 2.05) is 5.32 Å². The summed E-state index contributed by atoms with van der Waals surface area (Å²) >= 11 is 0. The standard InChI is InChI=1S/C8H7F3N2O2/c9-8(10,11)4-13-6-2-1-5(3-12-6)7(14)15/h1-3H,4H2,(H,12,13)(H,14,15). The Morgan fingerprint density at radius 1 is 1.47 bits per heavy atom. The van der Waals surface area contributed by atoms with Crippen molar-refractivity contribution in [2.45, 2.75) is 6.18 Å². The molecular weight excluding hydrogens is 213 g/mol. The Labute approximate surface area is 82.7 Å². The molecule has 0 saturated heterocycles. The van der Waals surface area contributed by atoms with Crippen LogP contribution in [-0.2, 0) is 0 Å². The Kier molecular flexibility index (Phi) is 3.13. The lowest BCUT2D eigenvalue weighted by atomic mass is 10.3.